The molecule has 1 saturated carbocycles. The van der Waals surface area contributed by atoms with E-state index in [1.54, 1.807) is 0 Å². The average molecular weight is 139 g/mol. The van der Waals surface area contributed by atoms with Gasteiger partial charge in [0.1, 0.15) is 0 Å². The smallest absolute Gasteiger partial charge is 0.152 e. The predicted octanol–water partition coefficient (Wildman–Crippen LogP) is 0.862. The van der Waals surface area contributed by atoms with Crippen LogP contribution in [0.4, 0.5) is 0 Å². The number of carbonyl (C=O) groups excluding carboxylic acids is 1. The molecule has 10 heavy (non-hydrogen) atoms. The minimum atomic E-state index is -0.0417. The van der Waals surface area contributed by atoms with Crippen molar-refractivity contribution < 1.29 is 4.79 Å². The van der Waals surface area contributed by atoms with E-state index in [0.717, 1.165) is 32.2 Å². The van der Waals surface area contributed by atoms with Gasteiger partial charge >= 0.3 is 0 Å². The Labute approximate surface area is 61.0 Å². The topological polar surface area (TPSA) is 29.1 Å². The van der Waals surface area contributed by atoms with Crippen molar-refractivity contribution in [2.45, 2.75) is 37.6 Å². The van der Waals surface area contributed by atoms with E-state index in [1.165, 1.54) is 6.42 Å². The molecule has 0 unspecified atom stereocenters. The second kappa shape index (κ2) is 2.06. The van der Waals surface area contributed by atoms with Gasteiger partial charge in [-0.3, -0.25) is 4.79 Å². The van der Waals surface area contributed by atoms with Crippen LogP contribution in [-0.2, 0) is 4.79 Å². The Bertz CT molecular complexity index is 153. The van der Waals surface area contributed by atoms with E-state index in [2.05, 4.69) is 5.32 Å². The Morgan fingerprint density at radius 3 is 2.60 bits per heavy atom. The maximum Gasteiger partial charge on any atom is 0.152 e. The summed E-state index contributed by atoms with van der Waals surface area (Å²) in [5.74, 6) is 0.463. The minimum Gasteiger partial charge on any atom is -0.305 e. The molecule has 2 nitrogen and oxygen atoms in total. The molecule has 0 aromatic rings. The van der Waals surface area contributed by atoms with Crippen LogP contribution in [0.5, 0.6) is 0 Å². The van der Waals surface area contributed by atoms with Crippen LogP contribution in [0.2, 0.25) is 0 Å². The van der Waals surface area contributed by atoms with E-state index >= 15 is 0 Å². The molecule has 1 aliphatic heterocycles. The molecule has 2 heteroatoms. The summed E-state index contributed by atoms with van der Waals surface area (Å²) in [5, 5.41) is 3.33. The fraction of sp³-hybridized carbons (Fsp3) is 0.875. The van der Waals surface area contributed by atoms with Gasteiger partial charge in [0.15, 0.2) is 5.78 Å². The van der Waals surface area contributed by atoms with E-state index in [4.69, 9.17) is 0 Å². The number of Topliss-reactive ketones (excluding diaryl/α,β-unsaturated/α-hetero) is 1. The Hall–Kier alpha value is -0.370. The highest BCUT2D eigenvalue weighted by Crippen LogP contribution is 2.33. The van der Waals surface area contributed by atoms with Crippen molar-refractivity contribution in [2.75, 3.05) is 6.54 Å². The van der Waals surface area contributed by atoms with Gasteiger partial charge in [0, 0.05) is 6.42 Å². The molecule has 2 aliphatic rings. The van der Waals surface area contributed by atoms with Gasteiger partial charge in [0.2, 0.25) is 0 Å². The lowest BCUT2D eigenvalue weighted by Crippen LogP contribution is -2.43. The van der Waals surface area contributed by atoms with Gasteiger partial charge in [-0.05, 0) is 32.2 Å². The molecule has 0 bridgehead atoms. The Balaban J connectivity index is 2.19. The summed E-state index contributed by atoms with van der Waals surface area (Å²) in [6.07, 6.45) is 5.28. The molecule has 1 atom stereocenters. The number of rotatable bonds is 0. The van der Waals surface area contributed by atoms with Crippen molar-refractivity contribution in [3.05, 3.63) is 0 Å². The third-order valence-electron chi connectivity index (χ3n) is 2.78. The third kappa shape index (κ3) is 0.717. The van der Waals surface area contributed by atoms with E-state index in [0.29, 0.717) is 5.78 Å². The van der Waals surface area contributed by atoms with Gasteiger partial charge in [-0.15, -0.1) is 0 Å². The first kappa shape index (κ1) is 6.35. The van der Waals surface area contributed by atoms with Gasteiger partial charge in [0.25, 0.3) is 0 Å². The molecule has 1 spiro atoms. The second-order valence-electron chi connectivity index (χ2n) is 3.39. The summed E-state index contributed by atoms with van der Waals surface area (Å²) in [4.78, 5) is 11.3. The fourth-order valence-corrected chi connectivity index (χ4v) is 2.19. The SMILES string of the molecule is O=C1CCC[C@]12CCCN2. The first-order valence-corrected chi connectivity index (χ1v) is 4.12. The van der Waals surface area contributed by atoms with E-state index in [1.807, 2.05) is 0 Å². The number of hydrogen-bond donors (Lipinski definition) is 1. The van der Waals surface area contributed by atoms with Gasteiger partial charge in [-0.1, -0.05) is 0 Å². The summed E-state index contributed by atoms with van der Waals surface area (Å²) in [7, 11) is 0. The van der Waals surface area contributed by atoms with Gasteiger partial charge in [-0.2, -0.15) is 0 Å². The highest BCUT2D eigenvalue weighted by atomic mass is 16.1. The first-order chi connectivity index (χ1) is 4.83. The van der Waals surface area contributed by atoms with Crippen LogP contribution in [-0.4, -0.2) is 17.9 Å². The molecular weight excluding hydrogens is 126 g/mol. The summed E-state index contributed by atoms with van der Waals surface area (Å²) in [5.41, 5.74) is -0.0417. The molecule has 0 amide bonds. The van der Waals surface area contributed by atoms with Crippen LogP contribution in [0.1, 0.15) is 32.1 Å². The summed E-state index contributed by atoms with van der Waals surface area (Å²) in [6, 6.07) is 0. The van der Waals surface area contributed by atoms with Crippen molar-refractivity contribution in [1.29, 1.82) is 0 Å². The van der Waals surface area contributed by atoms with Crippen LogP contribution >= 0.6 is 0 Å². The number of nitrogens with one attached hydrogen (secondary N) is 1. The molecule has 0 radical (unpaired) electrons. The summed E-state index contributed by atoms with van der Waals surface area (Å²) >= 11 is 0. The van der Waals surface area contributed by atoms with Gasteiger partial charge < -0.3 is 5.32 Å². The third-order valence-corrected chi connectivity index (χ3v) is 2.78. The van der Waals surface area contributed by atoms with Crippen molar-refractivity contribution >= 4 is 5.78 Å². The first-order valence-electron chi connectivity index (χ1n) is 4.12. The number of carbonyl (C=O) groups is 1. The molecule has 1 saturated heterocycles. The van der Waals surface area contributed by atoms with Crippen LogP contribution < -0.4 is 5.32 Å². The second-order valence-corrected chi connectivity index (χ2v) is 3.39. The van der Waals surface area contributed by atoms with Crippen LogP contribution in [0.15, 0.2) is 0 Å². The van der Waals surface area contributed by atoms with Crippen molar-refractivity contribution in [3.63, 3.8) is 0 Å². The molecule has 1 aliphatic carbocycles. The standard InChI is InChI=1S/C8H13NO/c10-7-3-1-4-8(7)5-2-6-9-8/h9H,1-6H2/t8-/m0/s1. The van der Waals surface area contributed by atoms with Crippen molar-refractivity contribution in [3.8, 4) is 0 Å². The summed E-state index contributed by atoms with van der Waals surface area (Å²) < 4.78 is 0. The lowest BCUT2D eigenvalue weighted by atomic mass is 9.95. The van der Waals surface area contributed by atoms with Gasteiger partial charge in [0.05, 0.1) is 5.54 Å². The normalized spacial score (nSPS) is 39.8. The van der Waals surface area contributed by atoms with Crippen LogP contribution in [0.25, 0.3) is 0 Å². The lowest BCUT2D eigenvalue weighted by Gasteiger charge is -2.20. The maximum atomic E-state index is 11.3. The molecule has 56 valence electrons. The highest BCUT2D eigenvalue weighted by Gasteiger charge is 2.43. The van der Waals surface area contributed by atoms with Crippen molar-refractivity contribution in [2.24, 2.45) is 0 Å². The zero-order valence-electron chi connectivity index (χ0n) is 6.15. The molecular formula is C8H13NO. The molecule has 2 fully saturated rings. The van der Waals surface area contributed by atoms with E-state index in [-0.39, 0.29) is 5.54 Å². The Morgan fingerprint density at radius 1 is 1.30 bits per heavy atom. The quantitative estimate of drug-likeness (QED) is 0.539. The monoisotopic (exact) mass is 139 g/mol. The van der Waals surface area contributed by atoms with Gasteiger partial charge in [-0.25, -0.2) is 0 Å². The fourth-order valence-electron chi connectivity index (χ4n) is 2.19. The molecule has 0 aromatic heterocycles. The maximum absolute atomic E-state index is 11.3. The Morgan fingerprint density at radius 2 is 2.10 bits per heavy atom. The zero-order chi connectivity index (χ0) is 7.03. The molecule has 1 heterocycles. The largest absolute Gasteiger partial charge is 0.305 e. The average Bonchev–Trinajstić information content (AvgIpc) is 2.48. The zero-order valence-corrected chi connectivity index (χ0v) is 6.15. The Kier molecular flexibility index (Phi) is 1.31. The van der Waals surface area contributed by atoms with E-state index in [9.17, 15) is 4.79 Å². The van der Waals surface area contributed by atoms with Crippen molar-refractivity contribution in [1.82, 2.24) is 5.32 Å². The number of ketones is 1. The molecule has 1 N–H and O–H groups in total. The minimum absolute atomic E-state index is 0.0417. The molecule has 2 rings (SSSR count). The summed E-state index contributed by atoms with van der Waals surface area (Å²) in [6.45, 7) is 1.05. The van der Waals surface area contributed by atoms with Crippen LogP contribution in [0.3, 0.4) is 0 Å². The van der Waals surface area contributed by atoms with Crippen LogP contribution in [0, 0.1) is 0 Å². The molecule has 0 aromatic carbocycles. The van der Waals surface area contributed by atoms with E-state index < -0.39 is 0 Å². The predicted molar refractivity (Wildman–Crippen MR) is 38.8 cm³/mol. The lowest BCUT2D eigenvalue weighted by molar-refractivity contribution is -0.122. The number of hydrogen-bond acceptors (Lipinski definition) is 2. The highest BCUT2D eigenvalue weighted by molar-refractivity contribution is 5.90.